The van der Waals surface area contributed by atoms with E-state index in [1.807, 2.05) is 18.2 Å². The second-order valence-corrected chi connectivity index (χ2v) is 15.8. The van der Waals surface area contributed by atoms with E-state index in [0.29, 0.717) is 0 Å². The Morgan fingerprint density at radius 3 is 1.38 bits per heavy atom. The predicted octanol–water partition coefficient (Wildman–Crippen LogP) is 17.0. The molecule has 2 heterocycles. The van der Waals surface area contributed by atoms with Crippen LogP contribution in [0.2, 0.25) is 0 Å². The van der Waals surface area contributed by atoms with Crippen LogP contribution < -0.4 is 0 Å². The maximum absolute atomic E-state index is 6.71. The van der Waals surface area contributed by atoms with Crippen LogP contribution in [0.15, 0.2) is 210 Å². The lowest BCUT2D eigenvalue weighted by Crippen LogP contribution is -1.96. The number of hydrogen-bond donors (Lipinski definition) is 0. The van der Waals surface area contributed by atoms with Crippen molar-refractivity contribution in [2.45, 2.75) is 6.92 Å². The summed E-state index contributed by atoms with van der Waals surface area (Å²) >= 11 is 0. The van der Waals surface area contributed by atoms with E-state index in [9.17, 15) is 0 Å². The van der Waals surface area contributed by atoms with E-state index in [-0.39, 0.29) is 0 Å². The molecule has 0 N–H and O–H groups in total. The first-order chi connectivity index (χ1) is 30.2. The molecule has 10 aromatic carbocycles. The third-order valence-corrected chi connectivity index (χ3v) is 12.6. The van der Waals surface area contributed by atoms with Gasteiger partial charge in [0.1, 0.15) is 22.5 Å². The molecule has 0 aliphatic carbocycles. The molecule has 12 aromatic rings. The fourth-order valence-electron chi connectivity index (χ4n) is 10.1. The molecule has 0 saturated carbocycles. The minimum Gasteiger partial charge on any atom is -0.456 e. The lowest BCUT2D eigenvalue weighted by Gasteiger charge is -2.20. The van der Waals surface area contributed by atoms with Gasteiger partial charge in [0, 0.05) is 21.7 Å². The molecule has 0 saturated heterocycles. The number of hydrogen-bond acceptors (Lipinski definition) is 2. The smallest absolute Gasteiger partial charge is 0.136 e. The van der Waals surface area contributed by atoms with Gasteiger partial charge >= 0.3 is 0 Å². The third-order valence-electron chi connectivity index (χ3n) is 12.6. The number of allylic oxidation sites excluding steroid dienone is 1. The molecule has 0 amide bonds. The Hall–Kier alpha value is -7.94. The van der Waals surface area contributed by atoms with Gasteiger partial charge in [0.05, 0.1) is 0 Å². The Balaban J connectivity index is 1.11. The molecule has 0 spiro atoms. The summed E-state index contributed by atoms with van der Waals surface area (Å²) in [5, 5.41) is 12.9. The van der Waals surface area contributed by atoms with Crippen LogP contribution in [0, 0.1) is 0 Å². The molecule has 0 fully saturated rings. The SMILES string of the molecule is C=Cc1oc2ccc(-c3c4ccccc4c(-c4ccccc4)c4ccccc34)cc2c1/C(=C\C)c1c2ccccc2c(-c2ccc3c(c2)oc2ccccc23)c2ccccc12. The Morgan fingerprint density at radius 1 is 0.361 bits per heavy atom. The zero-order valence-corrected chi connectivity index (χ0v) is 33.6. The van der Waals surface area contributed by atoms with E-state index in [1.54, 1.807) is 0 Å². The molecular formula is C59H38O2. The molecule has 2 aromatic heterocycles. The average molecular weight is 779 g/mol. The van der Waals surface area contributed by atoms with Gasteiger partial charge in [-0.25, -0.2) is 0 Å². The topological polar surface area (TPSA) is 26.3 Å². The van der Waals surface area contributed by atoms with Crippen molar-refractivity contribution in [3.8, 4) is 33.4 Å². The fraction of sp³-hybridized carbons (Fsp3) is 0.0169. The van der Waals surface area contributed by atoms with Gasteiger partial charge in [0.15, 0.2) is 0 Å². The van der Waals surface area contributed by atoms with Gasteiger partial charge in [0.2, 0.25) is 0 Å². The maximum Gasteiger partial charge on any atom is 0.136 e. The first-order valence-electron chi connectivity index (χ1n) is 20.9. The van der Waals surface area contributed by atoms with Crippen molar-refractivity contribution in [3.63, 3.8) is 0 Å². The highest BCUT2D eigenvalue weighted by molar-refractivity contribution is 6.24. The Labute approximate surface area is 352 Å². The largest absolute Gasteiger partial charge is 0.456 e. The minimum atomic E-state index is 0.752. The van der Waals surface area contributed by atoms with Crippen LogP contribution in [0.3, 0.4) is 0 Å². The number of benzene rings is 10. The van der Waals surface area contributed by atoms with Crippen molar-refractivity contribution < 1.29 is 8.83 Å². The van der Waals surface area contributed by atoms with E-state index < -0.39 is 0 Å². The van der Waals surface area contributed by atoms with Gasteiger partial charge in [0.25, 0.3) is 0 Å². The lowest BCUT2D eigenvalue weighted by atomic mass is 9.83. The quantitative estimate of drug-likeness (QED) is 0.157. The van der Waals surface area contributed by atoms with Gasteiger partial charge < -0.3 is 8.83 Å². The van der Waals surface area contributed by atoms with E-state index >= 15 is 0 Å². The van der Waals surface area contributed by atoms with Crippen LogP contribution in [-0.4, -0.2) is 0 Å². The van der Waals surface area contributed by atoms with Crippen molar-refractivity contribution in [2.24, 2.45) is 0 Å². The predicted molar refractivity (Wildman–Crippen MR) is 259 cm³/mol. The molecule has 0 aliphatic heterocycles. The van der Waals surface area contributed by atoms with E-state index in [2.05, 4.69) is 196 Å². The summed E-state index contributed by atoms with van der Waals surface area (Å²) in [5.74, 6) is 0.752. The maximum atomic E-state index is 6.71. The standard InChI is InChI=1S/C59H38O2/c1-3-39(58-48-27-14-12-25-46(48)57(47-26-13-15-28-49(47)58)38-30-32-41-40-20-16-17-29-52(40)61-54(41)35-38)59-50-34-37(31-33-53(50)60-51(59)4-2)56-44-23-10-8-21-42(44)55(36-18-6-5-7-19-36)43-22-9-11-24-45(43)56/h3-35H,2H2,1H3/b39-3-. The minimum absolute atomic E-state index is 0.752. The normalized spacial score (nSPS) is 12.2. The Morgan fingerprint density at radius 2 is 0.803 bits per heavy atom. The molecule has 61 heavy (non-hydrogen) atoms. The molecule has 2 nitrogen and oxygen atoms in total. The van der Waals surface area contributed by atoms with E-state index in [0.717, 1.165) is 60.9 Å². The molecule has 0 radical (unpaired) electrons. The zero-order chi connectivity index (χ0) is 40.6. The number of furan rings is 2. The molecule has 12 rings (SSSR count). The van der Waals surface area contributed by atoms with Crippen molar-refractivity contribution in [1.29, 1.82) is 0 Å². The van der Waals surface area contributed by atoms with Crippen molar-refractivity contribution in [3.05, 3.63) is 218 Å². The van der Waals surface area contributed by atoms with E-state index in [1.165, 1.54) is 70.9 Å². The van der Waals surface area contributed by atoms with Crippen molar-refractivity contribution >= 4 is 87.6 Å². The number of para-hydroxylation sites is 1. The van der Waals surface area contributed by atoms with Crippen LogP contribution in [0.1, 0.15) is 23.8 Å². The zero-order valence-electron chi connectivity index (χ0n) is 33.6. The molecule has 0 unspecified atom stereocenters. The molecule has 0 atom stereocenters. The highest BCUT2D eigenvalue weighted by atomic mass is 16.3. The summed E-state index contributed by atoms with van der Waals surface area (Å²) in [5.41, 5.74) is 13.0. The van der Waals surface area contributed by atoms with Gasteiger partial charge in [-0.05, 0) is 131 Å². The summed E-state index contributed by atoms with van der Waals surface area (Å²) in [6, 6.07) is 67.7. The van der Waals surface area contributed by atoms with Crippen LogP contribution >= 0.6 is 0 Å². The summed E-state index contributed by atoms with van der Waals surface area (Å²) in [4.78, 5) is 0. The Bertz CT molecular complexity index is 3670. The second kappa shape index (κ2) is 13.8. The monoisotopic (exact) mass is 778 g/mol. The highest BCUT2D eigenvalue weighted by Crippen LogP contribution is 2.49. The fourth-order valence-corrected chi connectivity index (χ4v) is 10.1. The third kappa shape index (κ3) is 5.29. The lowest BCUT2D eigenvalue weighted by molar-refractivity contribution is 0.603. The molecule has 0 aliphatic rings. The van der Waals surface area contributed by atoms with E-state index in [4.69, 9.17) is 8.83 Å². The summed E-state index contributed by atoms with van der Waals surface area (Å²) in [6.07, 6.45) is 4.11. The first kappa shape index (κ1) is 35.0. The van der Waals surface area contributed by atoms with Gasteiger partial charge in [-0.2, -0.15) is 0 Å². The van der Waals surface area contributed by atoms with Gasteiger partial charge in [-0.3, -0.25) is 0 Å². The first-order valence-corrected chi connectivity index (χ1v) is 20.9. The summed E-state index contributed by atoms with van der Waals surface area (Å²) in [6.45, 7) is 6.43. The molecule has 2 heteroatoms. The van der Waals surface area contributed by atoms with Crippen LogP contribution in [0.5, 0.6) is 0 Å². The van der Waals surface area contributed by atoms with Crippen LogP contribution in [0.4, 0.5) is 0 Å². The van der Waals surface area contributed by atoms with Crippen molar-refractivity contribution in [1.82, 2.24) is 0 Å². The summed E-state index contributed by atoms with van der Waals surface area (Å²) < 4.78 is 13.1. The molecular weight excluding hydrogens is 741 g/mol. The van der Waals surface area contributed by atoms with Gasteiger partial charge in [-0.15, -0.1) is 0 Å². The number of rotatable bonds is 6. The second-order valence-electron chi connectivity index (χ2n) is 15.8. The van der Waals surface area contributed by atoms with Crippen LogP contribution in [0.25, 0.3) is 121 Å². The Kier molecular flexibility index (Phi) is 7.95. The molecule has 286 valence electrons. The molecule has 0 bridgehead atoms. The van der Waals surface area contributed by atoms with Crippen LogP contribution in [-0.2, 0) is 0 Å². The number of fused-ring (bicyclic) bond motifs is 8. The van der Waals surface area contributed by atoms with Gasteiger partial charge in [-0.1, -0.05) is 170 Å². The highest BCUT2D eigenvalue weighted by Gasteiger charge is 2.25. The average Bonchev–Trinajstić information content (AvgIpc) is 3.88. The summed E-state index contributed by atoms with van der Waals surface area (Å²) in [7, 11) is 0. The van der Waals surface area contributed by atoms with Crippen molar-refractivity contribution in [2.75, 3.05) is 0 Å².